The molecule has 1 saturated heterocycles. The molecular weight excluding hydrogens is 204 g/mol. The normalized spacial score (nSPS) is 17.9. The molecule has 14 heavy (non-hydrogen) atoms. The fourth-order valence-electron chi connectivity index (χ4n) is 1.10. The van der Waals surface area contributed by atoms with Crippen LogP contribution in [0.25, 0.3) is 0 Å². The van der Waals surface area contributed by atoms with Crippen molar-refractivity contribution >= 4 is 33.7 Å². The van der Waals surface area contributed by atoms with Gasteiger partial charge in [-0.1, -0.05) is 5.01 Å². The minimum atomic E-state index is -0.251. The first kappa shape index (κ1) is 10.9. The topological polar surface area (TPSA) is 68.4 Å². The second-order valence-corrected chi connectivity index (χ2v) is 4.28. The van der Waals surface area contributed by atoms with Crippen molar-refractivity contribution in [1.82, 2.24) is 5.01 Å². The maximum Gasteiger partial charge on any atom is 0.287 e. The van der Waals surface area contributed by atoms with E-state index in [0.29, 0.717) is 5.04 Å². The van der Waals surface area contributed by atoms with Crippen LogP contribution in [-0.4, -0.2) is 27.0 Å². The lowest BCUT2D eigenvalue weighted by molar-refractivity contribution is -0.598. The maximum atomic E-state index is 11.1. The highest BCUT2D eigenvalue weighted by molar-refractivity contribution is 8.26. The first-order valence-electron chi connectivity index (χ1n) is 4.15. The fourth-order valence-corrected chi connectivity index (χ4v) is 1.67. The van der Waals surface area contributed by atoms with Crippen molar-refractivity contribution in [2.75, 3.05) is 0 Å². The Hall–Kier alpha value is -1.17. The van der Waals surface area contributed by atoms with E-state index in [1.54, 1.807) is 6.92 Å². The smallest absolute Gasteiger partial charge is 0.287 e. The molecule has 2 amide bonds. The van der Waals surface area contributed by atoms with Crippen LogP contribution in [0, 0.1) is 0 Å². The van der Waals surface area contributed by atoms with Crippen molar-refractivity contribution in [3.05, 3.63) is 0 Å². The molecule has 0 aromatic rings. The molecule has 0 aliphatic carbocycles. The lowest BCUT2D eigenvalue weighted by atomic mass is 10.4. The minimum Gasteiger partial charge on any atom is -0.287 e. The largest absolute Gasteiger partial charge is 0.287 e. The molecular formula is C8H11N2O3S+. The number of hydrazine groups is 1. The average Bonchev–Trinajstić information content (AvgIpc) is 2.34. The number of rotatable bonds is 1. The number of amides is 2. The lowest BCUT2D eigenvalue weighted by Crippen LogP contribution is -2.84. The summed E-state index contributed by atoms with van der Waals surface area (Å²) in [5.74, 6) is -0.503. The van der Waals surface area contributed by atoms with Crippen molar-refractivity contribution in [2.24, 2.45) is 0 Å². The second-order valence-electron chi connectivity index (χ2n) is 2.88. The van der Waals surface area contributed by atoms with Gasteiger partial charge in [0, 0.05) is 38.5 Å². The summed E-state index contributed by atoms with van der Waals surface area (Å²) in [6, 6.07) is 0. The number of hydrogen-bond acceptors (Lipinski definition) is 4. The van der Waals surface area contributed by atoms with E-state index in [1.807, 2.05) is 0 Å². The quantitative estimate of drug-likeness (QED) is 0.340. The third-order valence-electron chi connectivity index (χ3n) is 1.62. The van der Waals surface area contributed by atoms with Gasteiger partial charge in [-0.3, -0.25) is 14.4 Å². The summed E-state index contributed by atoms with van der Waals surface area (Å²) >= 11 is 0.966. The second kappa shape index (κ2) is 4.36. The van der Waals surface area contributed by atoms with Crippen LogP contribution in [0.3, 0.4) is 0 Å². The van der Waals surface area contributed by atoms with Gasteiger partial charge in [-0.25, -0.2) is 0 Å². The summed E-state index contributed by atoms with van der Waals surface area (Å²) in [7, 11) is 0. The molecule has 1 fully saturated rings. The van der Waals surface area contributed by atoms with Gasteiger partial charge in [-0.05, 0) is 0 Å². The zero-order valence-corrected chi connectivity index (χ0v) is 8.81. The molecule has 0 saturated carbocycles. The zero-order chi connectivity index (χ0) is 10.7. The van der Waals surface area contributed by atoms with Crippen LogP contribution in [0.2, 0.25) is 0 Å². The zero-order valence-electron chi connectivity index (χ0n) is 7.99. The van der Waals surface area contributed by atoms with E-state index in [2.05, 4.69) is 5.10 Å². The number of thioether (sulfide) groups is 1. The number of carbonyl (C=O) groups is 3. The van der Waals surface area contributed by atoms with E-state index >= 15 is 0 Å². The molecule has 0 aromatic heterocycles. The van der Waals surface area contributed by atoms with Gasteiger partial charge in [0.05, 0.1) is 0 Å². The number of imide groups is 1. The van der Waals surface area contributed by atoms with E-state index in [4.69, 9.17) is 0 Å². The molecule has 1 heterocycles. The van der Waals surface area contributed by atoms with Crippen LogP contribution in [0.1, 0.15) is 26.7 Å². The molecule has 6 heteroatoms. The van der Waals surface area contributed by atoms with Crippen LogP contribution in [-0.2, 0) is 14.4 Å². The van der Waals surface area contributed by atoms with Crippen LogP contribution >= 0.6 is 11.8 Å². The van der Waals surface area contributed by atoms with E-state index in [0.717, 1.165) is 16.8 Å². The van der Waals surface area contributed by atoms with Gasteiger partial charge in [0.1, 0.15) is 0 Å². The summed E-state index contributed by atoms with van der Waals surface area (Å²) < 4.78 is 0. The van der Waals surface area contributed by atoms with Crippen molar-refractivity contribution in [2.45, 2.75) is 26.7 Å². The summed E-state index contributed by atoms with van der Waals surface area (Å²) in [5, 5.41) is 4.01. The van der Waals surface area contributed by atoms with Gasteiger partial charge in [0.15, 0.2) is 5.12 Å². The van der Waals surface area contributed by atoms with Crippen LogP contribution in [0.15, 0.2) is 0 Å². The summed E-state index contributed by atoms with van der Waals surface area (Å²) in [4.78, 5) is 33.0. The number of hydrazone groups is 1. The maximum absolute atomic E-state index is 11.1. The predicted octanol–water partition coefficient (Wildman–Crippen LogP) is -1.17. The SMILES string of the molecule is CC(=O)SC(C)=[NH+]N1C(=O)CCC1=O. The highest BCUT2D eigenvalue weighted by Gasteiger charge is 2.33. The lowest BCUT2D eigenvalue weighted by Gasteiger charge is -1.99. The molecule has 1 aliphatic heterocycles. The fraction of sp³-hybridized carbons (Fsp3) is 0.500. The van der Waals surface area contributed by atoms with E-state index < -0.39 is 0 Å². The molecule has 1 aliphatic rings. The third kappa shape index (κ3) is 2.66. The molecule has 0 spiro atoms. The van der Waals surface area contributed by atoms with Crippen molar-refractivity contribution in [3.8, 4) is 0 Å². The molecule has 76 valence electrons. The van der Waals surface area contributed by atoms with Crippen molar-refractivity contribution < 1.29 is 19.5 Å². The Morgan fingerprint density at radius 3 is 2.21 bits per heavy atom. The first-order chi connectivity index (χ1) is 6.50. The molecule has 1 rings (SSSR count). The Morgan fingerprint density at radius 2 is 1.79 bits per heavy atom. The highest BCUT2D eigenvalue weighted by Crippen LogP contribution is 2.05. The van der Waals surface area contributed by atoms with Gasteiger partial charge >= 0.3 is 0 Å². The molecule has 1 N–H and O–H groups in total. The third-order valence-corrected chi connectivity index (χ3v) is 2.30. The minimum absolute atomic E-state index is 0.0888. The number of hydrogen-bond donors (Lipinski definition) is 1. The molecule has 0 aromatic carbocycles. The van der Waals surface area contributed by atoms with Crippen LogP contribution in [0.4, 0.5) is 0 Å². The van der Waals surface area contributed by atoms with Gasteiger partial charge < -0.3 is 0 Å². The Balaban J connectivity index is 2.70. The Morgan fingerprint density at radius 1 is 1.29 bits per heavy atom. The standard InChI is InChI=1S/C8H10N2O3S/c1-5(14-6(2)11)9-10-7(12)3-4-8(10)13/h3-4H2,1-2H3/p+1. The molecule has 0 unspecified atom stereocenters. The number of nitrogens with zero attached hydrogens (tertiary/aromatic N) is 1. The molecule has 0 radical (unpaired) electrons. The van der Waals surface area contributed by atoms with E-state index in [-0.39, 0.29) is 29.8 Å². The molecule has 0 bridgehead atoms. The van der Waals surface area contributed by atoms with Crippen LogP contribution < -0.4 is 5.10 Å². The Kier molecular flexibility index (Phi) is 3.40. The highest BCUT2D eigenvalue weighted by atomic mass is 32.2. The van der Waals surface area contributed by atoms with E-state index in [9.17, 15) is 14.4 Å². The average molecular weight is 215 g/mol. The van der Waals surface area contributed by atoms with Gasteiger partial charge in [-0.15, -0.1) is 5.10 Å². The Bertz CT molecular complexity index is 309. The van der Waals surface area contributed by atoms with Gasteiger partial charge in [-0.2, -0.15) is 0 Å². The number of carbonyl (C=O) groups excluding carboxylic acids is 3. The Labute approximate surface area is 85.5 Å². The molecule has 5 nitrogen and oxygen atoms in total. The summed E-state index contributed by atoms with van der Waals surface area (Å²) in [6.45, 7) is 3.06. The van der Waals surface area contributed by atoms with Gasteiger partial charge in [0.25, 0.3) is 11.8 Å². The van der Waals surface area contributed by atoms with Crippen LogP contribution in [0.5, 0.6) is 0 Å². The van der Waals surface area contributed by atoms with Gasteiger partial charge in [0.2, 0.25) is 5.04 Å². The monoisotopic (exact) mass is 215 g/mol. The summed E-state index contributed by atoms with van der Waals surface area (Å²) in [5.41, 5.74) is 0. The molecule has 0 atom stereocenters. The summed E-state index contributed by atoms with van der Waals surface area (Å²) in [6.07, 6.45) is 0.480. The van der Waals surface area contributed by atoms with Crippen molar-refractivity contribution in [1.29, 1.82) is 0 Å². The first-order valence-corrected chi connectivity index (χ1v) is 4.97. The number of nitrogens with one attached hydrogen (secondary N) is 1. The van der Waals surface area contributed by atoms with E-state index in [1.165, 1.54) is 6.92 Å². The predicted molar refractivity (Wildman–Crippen MR) is 51.0 cm³/mol. The van der Waals surface area contributed by atoms with Crippen molar-refractivity contribution in [3.63, 3.8) is 0 Å².